The van der Waals surface area contributed by atoms with E-state index in [1.54, 1.807) is 6.07 Å². The number of hydrogen-bond acceptors (Lipinski definition) is 7. The topological polar surface area (TPSA) is 88.5 Å². The van der Waals surface area contributed by atoms with E-state index >= 15 is 0 Å². The maximum absolute atomic E-state index is 13.5. The summed E-state index contributed by atoms with van der Waals surface area (Å²) in [6.07, 6.45) is 3.54. The number of oxazole rings is 1. The smallest absolute Gasteiger partial charge is 0.298 e. The third-order valence-corrected chi connectivity index (χ3v) is 6.87. The monoisotopic (exact) mass is 477 g/mol. The lowest BCUT2D eigenvalue weighted by molar-refractivity contribution is -0.137. The Kier molecular flexibility index (Phi) is 5.45. The highest BCUT2D eigenvalue weighted by Crippen LogP contribution is 2.34. The van der Waals surface area contributed by atoms with Gasteiger partial charge >= 0.3 is 0 Å². The summed E-state index contributed by atoms with van der Waals surface area (Å²) in [5.41, 5.74) is 2.33. The lowest BCUT2D eigenvalue weighted by Crippen LogP contribution is -2.43. The van der Waals surface area contributed by atoms with Crippen LogP contribution in [0.5, 0.6) is 0 Å². The lowest BCUT2D eigenvalue weighted by Gasteiger charge is -2.33. The van der Waals surface area contributed by atoms with Crippen LogP contribution in [0, 0.1) is 5.92 Å². The van der Waals surface area contributed by atoms with Gasteiger partial charge < -0.3 is 18.6 Å². The third kappa shape index (κ3) is 4.14. The zero-order chi connectivity index (χ0) is 23.1. The number of hydrogen-bond donors (Lipinski definition) is 0. The van der Waals surface area contributed by atoms with Crippen LogP contribution >= 0.6 is 11.6 Å². The molecule has 1 aliphatic heterocycles. The van der Waals surface area contributed by atoms with Crippen molar-refractivity contribution in [1.29, 1.82) is 0 Å². The Bertz CT molecular complexity index is 1290. The molecule has 0 atom stereocenters. The van der Waals surface area contributed by atoms with Gasteiger partial charge in [0.15, 0.2) is 5.58 Å². The maximum atomic E-state index is 13.5. The second-order valence-electron chi connectivity index (χ2n) is 8.90. The molecule has 0 spiro atoms. The maximum Gasteiger partial charge on any atom is 0.298 e. The second-order valence-corrected chi connectivity index (χ2v) is 9.31. The molecule has 174 valence electrons. The Labute approximate surface area is 201 Å². The summed E-state index contributed by atoms with van der Waals surface area (Å²) >= 11 is 6.26. The highest BCUT2D eigenvalue weighted by atomic mass is 35.5. The Hall–Kier alpha value is -3.39. The zero-order valence-corrected chi connectivity index (χ0v) is 19.3. The first-order chi connectivity index (χ1) is 16.7. The van der Waals surface area contributed by atoms with Crippen molar-refractivity contribution in [1.82, 2.24) is 20.1 Å². The molecule has 6 rings (SSSR count). The number of rotatable bonds is 6. The van der Waals surface area contributed by atoms with Crippen molar-refractivity contribution in [3.05, 3.63) is 59.4 Å². The van der Waals surface area contributed by atoms with Crippen molar-refractivity contribution in [3.63, 3.8) is 0 Å². The van der Waals surface area contributed by atoms with E-state index < -0.39 is 0 Å². The predicted molar refractivity (Wildman–Crippen MR) is 127 cm³/mol. The summed E-state index contributed by atoms with van der Waals surface area (Å²) in [7, 11) is 0. The average Bonchev–Trinajstić information content (AvgIpc) is 3.44. The van der Waals surface area contributed by atoms with Crippen LogP contribution in [0.3, 0.4) is 0 Å². The zero-order valence-electron chi connectivity index (χ0n) is 18.6. The molecule has 1 aliphatic carbocycles. The molecular formula is C25H24ClN5O3. The van der Waals surface area contributed by atoms with Crippen LogP contribution in [0.2, 0.25) is 5.02 Å². The fourth-order valence-electron chi connectivity index (χ4n) is 4.53. The largest absolute Gasteiger partial charge is 0.423 e. The second kappa shape index (κ2) is 8.76. The number of anilines is 1. The van der Waals surface area contributed by atoms with Crippen LogP contribution in [0.4, 0.5) is 6.01 Å². The van der Waals surface area contributed by atoms with Crippen LogP contribution in [0.1, 0.15) is 31.6 Å². The number of amides is 1. The fourth-order valence-corrected chi connectivity index (χ4v) is 4.74. The standard InChI is InChI=1S/C25H24ClN5O3/c26-19-6-2-1-5-18(19)23-29-28-22(34-23)15-31(17-9-10-17)24(32)16-11-13-30(14-12-16)25-27-20-7-3-4-8-21(20)33-25/h1-8,16-17H,9-15H2. The van der Waals surface area contributed by atoms with E-state index in [2.05, 4.69) is 20.1 Å². The molecule has 1 amide bonds. The average molecular weight is 478 g/mol. The van der Waals surface area contributed by atoms with Gasteiger partial charge in [-0.1, -0.05) is 35.9 Å². The third-order valence-electron chi connectivity index (χ3n) is 6.54. The molecule has 3 heterocycles. The summed E-state index contributed by atoms with van der Waals surface area (Å²) < 4.78 is 11.8. The molecule has 0 radical (unpaired) electrons. The summed E-state index contributed by atoms with van der Waals surface area (Å²) in [6, 6.07) is 16.0. The predicted octanol–water partition coefficient (Wildman–Crippen LogP) is 4.94. The molecule has 2 aliphatic rings. The quantitative estimate of drug-likeness (QED) is 0.388. The van der Waals surface area contributed by atoms with Gasteiger partial charge in [-0.25, -0.2) is 0 Å². The van der Waals surface area contributed by atoms with E-state index in [9.17, 15) is 4.79 Å². The van der Waals surface area contributed by atoms with Crippen molar-refractivity contribution in [2.24, 2.45) is 5.92 Å². The number of halogens is 1. The molecule has 0 unspecified atom stereocenters. The molecule has 0 N–H and O–H groups in total. The summed E-state index contributed by atoms with van der Waals surface area (Å²) in [4.78, 5) is 22.1. The van der Waals surface area contributed by atoms with Gasteiger partial charge in [0.1, 0.15) is 5.52 Å². The van der Waals surface area contributed by atoms with Gasteiger partial charge in [-0.05, 0) is 49.9 Å². The normalized spacial score (nSPS) is 16.8. The number of fused-ring (bicyclic) bond motifs is 1. The number of para-hydroxylation sites is 2. The van der Waals surface area contributed by atoms with E-state index in [-0.39, 0.29) is 17.9 Å². The lowest BCUT2D eigenvalue weighted by atomic mass is 9.95. The van der Waals surface area contributed by atoms with Gasteiger partial charge in [0.2, 0.25) is 17.7 Å². The molecule has 1 saturated heterocycles. The van der Waals surface area contributed by atoms with Crippen molar-refractivity contribution >= 4 is 34.6 Å². The number of aromatic nitrogens is 3. The molecule has 0 bridgehead atoms. The first kappa shape index (κ1) is 21.2. The van der Waals surface area contributed by atoms with Crippen LogP contribution in [-0.2, 0) is 11.3 Å². The van der Waals surface area contributed by atoms with E-state index in [0.717, 1.165) is 49.9 Å². The minimum Gasteiger partial charge on any atom is -0.423 e. The number of nitrogens with zero attached hydrogens (tertiary/aromatic N) is 5. The molecule has 1 saturated carbocycles. The number of piperidine rings is 1. The van der Waals surface area contributed by atoms with Gasteiger partial charge in [0.05, 0.1) is 17.1 Å². The first-order valence-electron chi connectivity index (χ1n) is 11.6. The summed E-state index contributed by atoms with van der Waals surface area (Å²) in [6.45, 7) is 1.80. The summed E-state index contributed by atoms with van der Waals surface area (Å²) in [5, 5.41) is 8.89. The number of carbonyl (C=O) groups excluding carboxylic acids is 1. The Morgan fingerprint density at radius 2 is 1.76 bits per heavy atom. The van der Waals surface area contributed by atoms with Gasteiger partial charge in [0, 0.05) is 25.0 Å². The molecule has 4 aromatic rings. The Morgan fingerprint density at radius 3 is 2.53 bits per heavy atom. The molecule has 2 aromatic carbocycles. The van der Waals surface area contributed by atoms with Gasteiger partial charge in [0.25, 0.3) is 6.01 Å². The van der Waals surface area contributed by atoms with Crippen LogP contribution in [0.15, 0.2) is 57.4 Å². The van der Waals surface area contributed by atoms with E-state index in [4.69, 9.17) is 20.4 Å². The van der Waals surface area contributed by atoms with Crippen molar-refractivity contribution in [2.45, 2.75) is 38.3 Å². The molecule has 8 nitrogen and oxygen atoms in total. The van der Waals surface area contributed by atoms with Gasteiger partial charge in [-0.2, -0.15) is 4.98 Å². The Morgan fingerprint density at radius 1 is 1.00 bits per heavy atom. The van der Waals surface area contributed by atoms with E-state index in [1.807, 2.05) is 47.4 Å². The van der Waals surface area contributed by atoms with Crippen LogP contribution in [-0.4, -0.2) is 45.1 Å². The molecule has 34 heavy (non-hydrogen) atoms. The van der Waals surface area contributed by atoms with E-state index in [0.29, 0.717) is 34.9 Å². The highest BCUT2D eigenvalue weighted by molar-refractivity contribution is 6.33. The number of carbonyl (C=O) groups is 1. The van der Waals surface area contributed by atoms with E-state index in [1.165, 1.54) is 0 Å². The van der Waals surface area contributed by atoms with Gasteiger partial charge in [-0.15, -0.1) is 10.2 Å². The fraction of sp³-hybridized carbons (Fsp3) is 0.360. The van der Waals surface area contributed by atoms with Crippen molar-refractivity contribution in [2.75, 3.05) is 18.0 Å². The molecular weight excluding hydrogens is 454 g/mol. The van der Waals surface area contributed by atoms with Crippen LogP contribution < -0.4 is 4.90 Å². The minimum absolute atomic E-state index is 0.0350. The van der Waals surface area contributed by atoms with Crippen molar-refractivity contribution in [3.8, 4) is 11.5 Å². The van der Waals surface area contributed by atoms with Crippen LogP contribution in [0.25, 0.3) is 22.6 Å². The Balaban J connectivity index is 1.12. The molecule has 2 aromatic heterocycles. The summed E-state index contributed by atoms with van der Waals surface area (Å²) in [5.74, 6) is 0.930. The number of benzene rings is 2. The molecule has 9 heteroatoms. The minimum atomic E-state index is -0.0350. The highest BCUT2D eigenvalue weighted by Gasteiger charge is 2.38. The SMILES string of the molecule is O=C(C1CCN(c2nc3ccccc3o2)CC1)N(Cc1nnc(-c2ccccc2Cl)o1)C1CC1. The molecule has 2 fully saturated rings. The van der Waals surface area contributed by atoms with Gasteiger partial charge in [-0.3, -0.25) is 4.79 Å². The van der Waals surface area contributed by atoms with Crippen molar-refractivity contribution < 1.29 is 13.6 Å². The first-order valence-corrected chi connectivity index (χ1v) is 12.0.